The number of benzene rings is 2. The molecule has 0 aromatic heterocycles. The van der Waals surface area contributed by atoms with Crippen molar-refractivity contribution in [1.82, 2.24) is 10.2 Å². The molecule has 4 amide bonds. The minimum atomic E-state index is -1.07. The third-order valence-electron chi connectivity index (χ3n) is 5.06. The molecule has 0 saturated carbocycles. The number of nitrogens with one attached hydrogen (secondary N) is 2. The Morgan fingerprint density at radius 1 is 1.19 bits per heavy atom. The van der Waals surface area contributed by atoms with Gasteiger partial charge in [0, 0.05) is 10.7 Å². The zero-order valence-corrected chi connectivity index (χ0v) is 15.3. The summed E-state index contributed by atoms with van der Waals surface area (Å²) < 4.78 is 0. The second-order valence-electron chi connectivity index (χ2n) is 6.80. The van der Waals surface area contributed by atoms with Crippen LogP contribution < -0.4 is 10.6 Å². The van der Waals surface area contributed by atoms with E-state index in [0.29, 0.717) is 17.1 Å². The Morgan fingerprint density at radius 3 is 2.81 bits per heavy atom. The van der Waals surface area contributed by atoms with Gasteiger partial charge in [-0.05, 0) is 48.6 Å². The van der Waals surface area contributed by atoms with E-state index in [1.54, 1.807) is 24.3 Å². The van der Waals surface area contributed by atoms with Crippen LogP contribution in [0.3, 0.4) is 0 Å². The van der Waals surface area contributed by atoms with Crippen molar-refractivity contribution in [2.75, 3.05) is 11.9 Å². The first-order valence-corrected chi connectivity index (χ1v) is 9.15. The fourth-order valence-corrected chi connectivity index (χ4v) is 4.06. The molecule has 4 rings (SSSR count). The lowest BCUT2D eigenvalue weighted by molar-refractivity contribution is -0.134. The Balaban J connectivity index is 1.55. The van der Waals surface area contributed by atoms with E-state index in [1.165, 1.54) is 0 Å². The van der Waals surface area contributed by atoms with Gasteiger partial charge in [0.2, 0.25) is 5.91 Å². The fourth-order valence-electron chi connectivity index (χ4n) is 3.87. The van der Waals surface area contributed by atoms with Crippen LogP contribution in [0, 0.1) is 0 Å². The molecule has 7 heteroatoms. The SMILES string of the molecule is O=C(CN1C(=O)N[C@]2(CCCc3ccccc32)C1=O)Nc1cccc(Cl)c1. The molecular weight excluding hydrogens is 366 g/mol. The predicted molar refractivity (Wildman–Crippen MR) is 101 cm³/mol. The maximum Gasteiger partial charge on any atom is 0.325 e. The van der Waals surface area contributed by atoms with Gasteiger partial charge in [-0.25, -0.2) is 4.79 Å². The van der Waals surface area contributed by atoms with Gasteiger partial charge in [-0.15, -0.1) is 0 Å². The Morgan fingerprint density at radius 2 is 2.00 bits per heavy atom. The van der Waals surface area contributed by atoms with Crippen molar-refractivity contribution in [2.45, 2.75) is 24.8 Å². The lowest BCUT2D eigenvalue weighted by Gasteiger charge is -2.33. The molecule has 1 heterocycles. The number of fused-ring (bicyclic) bond motifs is 2. The quantitative estimate of drug-likeness (QED) is 0.799. The summed E-state index contributed by atoms with van der Waals surface area (Å²) in [7, 11) is 0. The van der Waals surface area contributed by atoms with Crippen LogP contribution in [0.5, 0.6) is 0 Å². The molecule has 0 bridgehead atoms. The van der Waals surface area contributed by atoms with Gasteiger partial charge < -0.3 is 10.6 Å². The molecule has 1 atom stereocenters. The van der Waals surface area contributed by atoms with Gasteiger partial charge in [0.05, 0.1) is 0 Å². The third-order valence-corrected chi connectivity index (χ3v) is 5.30. The summed E-state index contributed by atoms with van der Waals surface area (Å²) in [5, 5.41) is 5.99. The highest BCUT2D eigenvalue weighted by atomic mass is 35.5. The molecule has 2 aromatic rings. The number of aryl methyl sites for hydroxylation is 1. The van der Waals surface area contributed by atoms with Gasteiger partial charge in [0.25, 0.3) is 5.91 Å². The monoisotopic (exact) mass is 383 g/mol. The number of hydrogen-bond acceptors (Lipinski definition) is 3. The predicted octanol–water partition coefficient (Wildman–Crippen LogP) is 3.06. The molecule has 6 nitrogen and oxygen atoms in total. The number of imide groups is 1. The van der Waals surface area contributed by atoms with E-state index in [2.05, 4.69) is 10.6 Å². The van der Waals surface area contributed by atoms with Crippen molar-refractivity contribution in [1.29, 1.82) is 0 Å². The van der Waals surface area contributed by atoms with Gasteiger partial charge in [0.15, 0.2) is 0 Å². The summed E-state index contributed by atoms with van der Waals surface area (Å²) in [4.78, 5) is 39.0. The van der Waals surface area contributed by atoms with Crippen LogP contribution >= 0.6 is 11.6 Å². The van der Waals surface area contributed by atoms with Crippen molar-refractivity contribution < 1.29 is 14.4 Å². The third kappa shape index (κ3) is 3.06. The number of nitrogens with zero attached hydrogens (tertiary/aromatic N) is 1. The standard InChI is InChI=1S/C20H18ClN3O3/c21-14-7-3-8-15(11-14)22-17(25)12-24-18(26)20(23-19(24)27)10-4-6-13-5-1-2-9-16(13)20/h1-3,5,7-9,11H,4,6,10,12H2,(H,22,25)(H,23,27)/t20-/m0/s1. The summed E-state index contributed by atoms with van der Waals surface area (Å²) in [6.07, 6.45) is 2.20. The number of carbonyl (C=O) groups is 3. The summed E-state index contributed by atoms with van der Waals surface area (Å²) in [6.45, 7) is -0.346. The molecule has 1 fully saturated rings. The summed E-state index contributed by atoms with van der Waals surface area (Å²) >= 11 is 5.91. The van der Waals surface area contributed by atoms with Crippen LogP contribution in [0.15, 0.2) is 48.5 Å². The zero-order chi connectivity index (χ0) is 19.0. The average Bonchev–Trinajstić information content (AvgIpc) is 2.87. The van der Waals surface area contributed by atoms with Crippen molar-refractivity contribution in [3.63, 3.8) is 0 Å². The highest BCUT2D eigenvalue weighted by Crippen LogP contribution is 2.39. The molecule has 2 aromatic carbocycles. The van der Waals surface area contributed by atoms with Crippen LogP contribution in [0.4, 0.5) is 10.5 Å². The summed E-state index contributed by atoms with van der Waals surface area (Å²) in [6, 6.07) is 13.8. The van der Waals surface area contributed by atoms with Crippen LogP contribution in [-0.4, -0.2) is 29.3 Å². The van der Waals surface area contributed by atoms with E-state index in [9.17, 15) is 14.4 Å². The second kappa shape index (κ2) is 6.70. The Labute approximate surface area is 161 Å². The molecule has 1 spiro atoms. The topological polar surface area (TPSA) is 78.5 Å². The van der Waals surface area contributed by atoms with E-state index < -0.39 is 17.5 Å². The van der Waals surface area contributed by atoms with E-state index in [0.717, 1.165) is 28.9 Å². The summed E-state index contributed by atoms with van der Waals surface area (Å²) in [5.74, 6) is -0.831. The van der Waals surface area contributed by atoms with Crippen LogP contribution in [0.1, 0.15) is 24.0 Å². The molecule has 2 aliphatic rings. The van der Waals surface area contributed by atoms with Crippen molar-refractivity contribution in [3.05, 3.63) is 64.7 Å². The highest BCUT2D eigenvalue weighted by Gasteiger charge is 2.54. The molecule has 0 radical (unpaired) electrons. The first-order chi connectivity index (χ1) is 13.0. The van der Waals surface area contributed by atoms with Crippen LogP contribution in [-0.2, 0) is 21.5 Å². The number of hydrogen-bond donors (Lipinski definition) is 2. The first kappa shape index (κ1) is 17.5. The number of rotatable bonds is 3. The van der Waals surface area contributed by atoms with Gasteiger partial charge in [-0.3, -0.25) is 14.5 Å². The number of halogens is 1. The first-order valence-electron chi connectivity index (χ1n) is 8.77. The maximum atomic E-state index is 13.1. The van der Waals surface area contributed by atoms with Crippen molar-refractivity contribution in [2.24, 2.45) is 0 Å². The minimum absolute atomic E-state index is 0.346. The van der Waals surface area contributed by atoms with Crippen LogP contribution in [0.25, 0.3) is 0 Å². The van der Waals surface area contributed by atoms with E-state index in [4.69, 9.17) is 11.6 Å². The number of carbonyl (C=O) groups excluding carboxylic acids is 3. The molecule has 27 heavy (non-hydrogen) atoms. The van der Waals surface area contributed by atoms with Gasteiger partial charge in [-0.2, -0.15) is 0 Å². The molecule has 1 aliphatic carbocycles. The zero-order valence-electron chi connectivity index (χ0n) is 14.5. The average molecular weight is 384 g/mol. The van der Waals surface area contributed by atoms with E-state index >= 15 is 0 Å². The number of urea groups is 1. The Bertz CT molecular complexity index is 946. The van der Waals surface area contributed by atoms with Crippen molar-refractivity contribution in [3.8, 4) is 0 Å². The van der Waals surface area contributed by atoms with E-state index in [-0.39, 0.29) is 12.5 Å². The molecule has 2 N–H and O–H groups in total. The Kier molecular flexibility index (Phi) is 4.36. The molecular formula is C20H18ClN3O3. The normalized spacial score (nSPS) is 21.1. The van der Waals surface area contributed by atoms with Crippen molar-refractivity contribution >= 4 is 35.1 Å². The maximum absolute atomic E-state index is 13.1. The molecule has 1 aliphatic heterocycles. The minimum Gasteiger partial charge on any atom is -0.324 e. The highest BCUT2D eigenvalue weighted by molar-refractivity contribution is 6.30. The van der Waals surface area contributed by atoms with Gasteiger partial charge in [0.1, 0.15) is 12.1 Å². The van der Waals surface area contributed by atoms with Gasteiger partial charge >= 0.3 is 6.03 Å². The lowest BCUT2D eigenvalue weighted by atomic mass is 9.76. The van der Waals surface area contributed by atoms with E-state index in [1.807, 2.05) is 24.3 Å². The smallest absolute Gasteiger partial charge is 0.324 e. The Hall–Kier alpha value is -2.86. The molecule has 138 valence electrons. The largest absolute Gasteiger partial charge is 0.325 e. The second-order valence-corrected chi connectivity index (χ2v) is 7.23. The lowest BCUT2D eigenvalue weighted by Crippen LogP contribution is -2.47. The number of anilines is 1. The molecule has 1 saturated heterocycles. The van der Waals surface area contributed by atoms with Crippen LogP contribution in [0.2, 0.25) is 5.02 Å². The number of amides is 4. The van der Waals surface area contributed by atoms with Gasteiger partial charge in [-0.1, -0.05) is 41.9 Å². The fraction of sp³-hybridized carbons (Fsp3) is 0.250. The summed E-state index contributed by atoms with van der Waals surface area (Å²) in [5.41, 5.74) is 1.33. The molecule has 0 unspecified atom stereocenters.